The van der Waals surface area contributed by atoms with Gasteiger partial charge in [0.25, 0.3) is 0 Å². The van der Waals surface area contributed by atoms with Crippen LogP contribution in [0, 0.1) is 0 Å². The monoisotopic (exact) mass is 468 g/mol. The van der Waals surface area contributed by atoms with Crippen molar-refractivity contribution < 1.29 is 17.9 Å². The Morgan fingerprint density at radius 1 is 1.36 bits per heavy atom. The molecule has 2 heterocycles. The van der Waals surface area contributed by atoms with E-state index in [0.29, 0.717) is 11.5 Å². The summed E-state index contributed by atoms with van der Waals surface area (Å²) in [6, 6.07) is 5.36. The van der Waals surface area contributed by atoms with Crippen LogP contribution in [0.15, 0.2) is 29.3 Å². The van der Waals surface area contributed by atoms with E-state index in [2.05, 4.69) is 25.2 Å². The highest BCUT2D eigenvalue weighted by molar-refractivity contribution is 14.0. The molecule has 2 aromatic rings. The number of hydrogen-bond donors (Lipinski definition) is 2. The van der Waals surface area contributed by atoms with Crippen molar-refractivity contribution in [1.29, 1.82) is 0 Å². The number of guanidine groups is 1. The van der Waals surface area contributed by atoms with Crippen LogP contribution in [-0.4, -0.2) is 27.1 Å². The average molecular weight is 468 g/mol. The van der Waals surface area contributed by atoms with Crippen molar-refractivity contribution in [2.75, 3.05) is 5.32 Å². The maximum absolute atomic E-state index is 12.2. The Bertz CT molecular complexity index is 761. The fraction of sp³-hybridized carbons (Fsp3) is 0.357. The molecule has 1 aromatic heterocycles. The molecule has 0 bridgehead atoms. The molecule has 3 rings (SSSR count). The van der Waals surface area contributed by atoms with Gasteiger partial charge in [0, 0.05) is 24.7 Å². The number of halogens is 4. The molecule has 0 radical (unpaired) electrons. The van der Waals surface area contributed by atoms with E-state index in [1.165, 1.54) is 18.2 Å². The summed E-state index contributed by atoms with van der Waals surface area (Å²) in [6.07, 6.45) is -2.82. The van der Waals surface area contributed by atoms with Crippen LogP contribution >= 0.6 is 24.0 Å². The van der Waals surface area contributed by atoms with Crippen molar-refractivity contribution in [1.82, 2.24) is 14.8 Å². The number of hydrogen-bond acceptors (Lipinski definition) is 4. The second-order valence-electron chi connectivity index (χ2n) is 5.19. The summed E-state index contributed by atoms with van der Waals surface area (Å²) in [5.74, 6) is 1.37. The number of nitrogens with one attached hydrogen (secondary N) is 1. The van der Waals surface area contributed by atoms with Gasteiger partial charge in [-0.15, -0.1) is 47.3 Å². The zero-order chi connectivity index (χ0) is 17.2. The fourth-order valence-corrected chi connectivity index (χ4v) is 2.44. The summed E-state index contributed by atoms with van der Waals surface area (Å²) in [5, 5.41) is 10.8. The molecule has 0 spiro atoms. The second kappa shape index (κ2) is 7.89. The minimum atomic E-state index is -4.74. The predicted molar refractivity (Wildman–Crippen MR) is 95.8 cm³/mol. The van der Waals surface area contributed by atoms with Gasteiger partial charge in [0.1, 0.15) is 18.1 Å². The lowest BCUT2D eigenvalue weighted by Gasteiger charge is -2.11. The van der Waals surface area contributed by atoms with Crippen molar-refractivity contribution in [3.05, 3.63) is 35.9 Å². The van der Waals surface area contributed by atoms with Crippen molar-refractivity contribution in [3.63, 3.8) is 0 Å². The smallest absolute Gasteiger partial charge is 0.406 e. The maximum Gasteiger partial charge on any atom is 0.573 e. The number of aliphatic imine (C=N–C) groups is 1. The molecule has 11 heteroatoms. The summed E-state index contributed by atoms with van der Waals surface area (Å²) in [7, 11) is 0. The van der Waals surface area contributed by atoms with Crippen LogP contribution < -0.4 is 15.8 Å². The number of rotatable bonds is 4. The molecular formula is C14H16F3IN6O. The fourth-order valence-electron chi connectivity index (χ4n) is 2.44. The van der Waals surface area contributed by atoms with Gasteiger partial charge < -0.3 is 20.4 Å². The largest absolute Gasteiger partial charge is 0.573 e. The van der Waals surface area contributed by atoms with Gasteiger partial charge in [-0.05, 0) is 18.6 Å². The first kappa shape index (κ1) is 19.3. The van der Waals surface area contributed by atoms with Gasteiger partial charge in [-0.2, -0.15) is 0 Å². The Morgan fingerprint density at radius 2 is 2.16 bits per heavy atom. The Morgan fingerprint density at radius 3 is 2.92 bits per heavy atom. The maximum atomic E-state index is 12.2. The number of nitrogens with zero attached hydrogens (tertiary/aromatic N) is 4. The summed E-state index contributed by atoms with van der Waals surface area (Å²) < 4.78 is 42.5. The Hall–Kier alpha value is -2.05. The standard InChI is InChI=1S/C14H15F3N6O.HI/c15-14(16,17)24-10-4-1-3-9(7-10)20-13(18)19-8-12-22-21-11-5-2-6-23(11)12;/h1,3-4,7H,2,5-6,8H2,(H3,18,19,20);1H. The summed E-state index contributed by atoms with van der Waals surface area (Å²) in [6.45, 7) is 1.10. The first-order chi connectivity index (χ1) is 11.4. The Kier molecular flexibility index (Phi) is 6.08. The van der Waals surface area contributed by atoms with Crippen molar-refractivity contribution in [2.24, 2.45) is 10.7 Å². The van der Waals surface area contributed by atoms with Crippen LogP contribution in [0.25, 0.3) is 0 Å². The number of aromatic nitrogens is 3. The highest BCUT2D eigenvalue weighted by atomic mass is 127. The topological polar surface area (TPSA) is 90.4 Å². The molecule has 1 aromatic carbocycles. The minimum Gasteiger partial charge on any atom is -0.406 e. The highest BCUT2D eigenvalue weighted by Gasteiger charge is 2.31. The van der Waals surface area contributed by atoms with E-state index in [0.717, 1.165) is 25.2 Å². The van der Waals surface area contributed by atoms with Gasteiger partial charge >= 0.3 is 6.36 Å². The number of nitrogens with two attached hydrogens (primary N) is 1. The van der Waals surface area contributed by atoms with E-state index >= 15 is 0 Å². The first-order valence-electron chi connectivity index (χ1n) is 7.24. The molecule has 0 unspecified atom stereocenters. The normalized spacial score (nSPS) is 14.0. The number of ether oxygens (including phenoxy) is 1. The van der Waals surface area contributed by atoms with Gasteiger partial charge in [0.05, 0.1) is 0 Å². The summed E-state index contributed by atoms with van der Waals surface area (Å²) in [5.41, 5.74) is 6.10. The van der Waals surface area contributed by atoms with Crippen LogP contribution in [0.3, 0.4) is 0 Å². The number of alkyl halides is 3. The van der Waals surface area contributed by atoms with Gasteiger partial charge in [0.2, 0.25) is 0 Å². The molecule has 0 fully saturated rings. The molecule has 136 valence electrons. The van der Waals surface area contributed by atoms with E-state index in [1.807, 2.05) is 4.57 Å². The van der Waals surface area contributed by atoms with Crippen LogP contribution in [0.1, 0.15) is 18.1 Å². The third kappa shape index (κ3) is 5.21. The SMILES string of the molecule is I.NC(=NCc1nnc2n1CCC2)Nc1cccc(OC(F)(F)F)c1. The number of benzene rings is 1. The number of fused-ring (bicyclic) bond motifs is 1. The zero-order valence-corrected chi connectivity index (χ0v) is 15.3. The quantitative estimate of drug-likeness (QED) is 0.409. The highest BCUT2D eigenvalue weighted by Crippen LogP contribution is 2.25. The number of aryl methyl sites for hydroxylation is 1. The molecule has 0 saturated carbocycles. The molecular weight excluding hydrogens is 452 g/mol. The van der Waals surface area contributed by atoms with Crippen LogP contribution in [0.4, 0.5) is 18.9 Å². The lowest BCUT2D eigenvalue weighted by atomic mass is 10.3. The molecule has 0 atom stereocenters. The summed E-state index contributed by atoms with van der Waals surface area (Å²) >= 11 is 0. The second-order valence-corrected chi connectivity index (χ2v) is 5.19. The van der Waals surface area contributed by atoms with E-state index in [-0.39, 0.29) is 42.2 Å². The number of anilines is 1. The Labute approximate surface area is 158 Å². The van der Waals surface area contributed by atoms with E-state index < -0.39 is 6.36 Å². The first-order valence-corrected chi connectivity index (χ1v) is 7.24. The minimum absolute atomic E-state index is 0. The Balaban J connectivity index is 0.00000225. The van der Waals surface area contributed by atoms with Crippen LogP contribution in [0.5, 0.6) is 5.75 Å². The van der Waals surface area contributed by atoms with E-state index in [4.69, 9.17) is 5.73 Å². The molecule has 0 aliphatic carbocycles. The molecule has 3 N–H and O–H groups in total. The zero-order valence-electron chi connectivity index (χ0n) is 13.0. The lowest BCUT2D eigenvalue weighted by molar-refractivity contribution is -0.274. The van der Waals surface area contributed by atoms with E-state index in [9.17, 15) is 13.2 Å². The predicted octanol–water partition coefficient (Wildman–Crippen LogP) is 2.67. The van der Waals surface area contributed by atoms with Crippen molar-refractivity contribution >= 4 is 35.6 Å². The molecule has 25 heavy (non-hydrogen) atoms. The van der Waals surface area contributed by atoms with Gasteiger partial charge in [-0.1, -0.05) is 6.07 Å². The van der Waals surface area contributed by atoms with Gasteiger partial charge in [-0.3, -0.25) is 0 Å². The van der Waals surface area contributed by atoms with E-state index in [1.54, 1.807) is 6.07 Å². The van der Waals surface area contributed by atoms with Gasteiger partial charge in [0.15, 0.2) is 11.8 Å². The third-order valence-electron chi connectivity index (χ3n) is 3.42. The molecule has 1 aliphatic heterocycles. The van der Waals surface area contributed by atoms with Gasteiger partial charge in [-0.25, -0.2) is 4.99 Å². The van der Waals surface area contributed by atoms with Crippen LogP contribution in [-0.2, 0) is 19.5 Å². The van der Waals surface area contributed by atoms with Crippen LogP contribution in [0.2, 0.25) is 0 Å². The molecule has 7 nitrogen and oxygen atoms in total. The lowest BCUT2D eigenvalue weighted by Crippen LogP contribution is -2.23. The summed E-state index contributed by atoms with van der Waals surface area (Å²) in [4.78, 5) is 4.14. The third-order valence-corrected chi connectivity index (χ3v) is 3.42. The van der Waals surface area contributed by atoms with Crippen molar-refractivity contribution in [2.45, 2.75) is 32.3 Å². The van der Waals surface area contributed by atoms with Crippen molar-refractivity contribution in [3.8, 4) is 5.75 Å². The molecule has 1 aliphatic rings. The molecule has 0 amide bonds. The molecule has 0 saturated heterocycles. The average Bonchev–Trinajstić information content (AvgIpc) is 3.07.